The van der Waals surface area contributed by atoms with Gasteiger partial charge in [0.25, 0.3) is 0 Å². The van der Waals surface area contributed by atoms with Crippen molar-refractivity contribution in [1.82, 2.24) is 9.97 Å². The number of hydrogen-bond acceptors (Lipinski definition) is 5. The van der Waals surface area contributed by atoms with Gasteiger partial charge in [0, 0.05) is 31.6 Å². The monoisotopic (exact) mass is 340 g/mol. The predicted octanol–water partition coefficient (Wildman–Crippen LogP) is 3.65. The molecule has 1 aliphatic heterocycles. The summed E-state index contributed by atoms with van der Waals surface area (Å²) in [6, 6.07) is 8.35. The lowest BCUT2D eigenvalue weighted by Crippen LogP contribution is -2.31. The first-order chi connectivity index (χ1) is 12.0. The maximum absolute atomic E-state index is 9.78. The van der Waals surface area contributed by atoms with Crippen LogP contribution in [0.15, 0.2) is 24.3 Å². The summed E-state index contributed by atoms with van der Waals surface area (Å²) >= 11 is 0. The fourth-order valence-electron chi connectivity index (χ4n) is 3.17. The van der Waals surface area contributed by atoms with E-state index in [4.69, 9.17) is 4.98 Å². The molecule has 25 heavy (non-hydrogen) atoms. The molecule has 0 radical (unpaired) electrons. The second-order valence-electron chi connectivity index (χ2n) is 7.03. The van der Waals surface area contributed by atoms with Gasteiger partial charge >= 0.3 is 0 Å². The number of rotatable bonds is 5. The van der Waals surface area contributed by atoms with Crippen LogP contribution in [0.1, 0.15) is 62.2 Å². The molecule has 0 amide bonds. The normalized spacial score (nSPS) is 15.2. The Morgan fingerprint density at radius 2 is 1.96 bits per heavy atom. The van der Waals surface area contributed by atoms with Crippen molar-refractivity contribution in [3.63, 3.8) is 0 Å². The van der Waals surface area contributed by atoms with Crippen LogP contribution in [-0.2, 0) is 13.0 Å². The third-order valence-corrected chi connectivity index (χ3v) is 4.65. The summed E-state index contributed by atoms with van der Waals surface area (Å²) in [5.74, 6) is 3.05. The van der Waals surface area contributed by atoms with Crippen LogP contribution in [0.4, 0.5) is 11.6 Å². The lowest BCUT2D eigenvalue weighted by Gasteiger charge is -2.31. The average molecular weight is 340 g/mol. The first-order valence-electron chi connectivity index (χ1n) is 9.15. The Balaban J connectivity index is 1.88. The van der Waals surface area contributed by atoms with Gasteiger partial charge < -0.3 is 15.3 Å². The van der Waals surface area contributed by atoms with Gasteiger partial charge in [-0.15, -0.1) is 0 Å². The van der Waals surface area contributed by atoms with Crippen molar-refractivity contribution in [3.8, 4) is 0 Å². The van der Waals surface area contributed by atoms with Gasteiger partial charge in [0.2, 0.25) is 0 Å². The zero-order valence-electron chi connectivity index (χ0n) is 15.6. The molecule has 0 saturated carbocycles. The fourth-order valence-corrected chi connectivity index (χ4v) is 3.17. The number of aliphatic hydroxyl groups is 1. The molecule has 0 aliphatic carbocycles. The topological polar surface area (TPSA) is 61.3 Å². The Bertz CT molecular complexity index is 742. The van der Waals surface area contributed by atoms with Crippen LogP contribution in [0.5, 0.6) is 0 Å². The van der Waals surface area contributed by atoms with E-state index in [1.165, 1.54) is 11.1 Å². The molecule has 2 N–H and O–H groups in total. The first-order valence-corrected chi connectivity index (χ1v) is 9.15. The molecule has 1 aromatic carbocycles. The van der Waals surface area contributed by atoms with Crippen molar-refractivity contribution in [2.24, 2.45) is 0 Å². The minimum Gasteiger partial charge on any atom is -0.389 e. The molecule has 5 nitrogen and oxygen atoms in total. The summed E-state index contributed by atoms with van der Waals surface area (Å²) in [6.07, 6.45) is 0.550. The SMILES string of the molecule is CCNc1cc(N2CCc3cc([C@@H](C)O)ccc3C2)nc(C(C)C)n1. The highest BCUT2D eigenvalue weighted by molar-refractivity contribution is 5.52. The molecule has 0 unspecified atom stereocenters. The highest BCUT2D eigenvalue weighted by Gasteiger charge is 2.20. The Morgan fingerprint density at radius 1 is 1.16 bits per heavy atom. The summed E-state index contributed by atoms with van der Waals surface area (Å²) in [7, 11) is 0. The minimum atomic E-state index is -0.415. The largest absolute Gasteiger partial charge is 0.389 e. The smallest absolute Gasteiger partial charge is 0.135 e. The van der Waals surface area contributed by atoms with Gasteiger partial charge in [-0.3, -0.25) is 0 Å². The molecule has 134 valence electrons. The standard InChI is InChI=1S/C20H28N4O/c1-5-21-18-11-19(23-20(22-18)13(2)3)24-9-8-16-10-15(14(4)25)6-7-17(16)12-24/h6-7,10-11,13-14,25H,5,8-9,12H2,1-4H3,(H,21,22,23)/t14-/m1/s1. The number of aromatic nitrogens is 2. The summed E-state index contributed by atoms with van der Waals surface area (Å²) < 4.78 is 0. The van der Waals surface area contributed by atoms with Crippen molar-refractivity contribution in [2.45, 2.75) is 52.7 Å². The number of hydrogen-bond donors (Lipinski definition) is 2. The first kappa shape index (κ1) is 17.7. The van der Waals surface area contributed by atoms with Crippen LogP contribution < -0.4 is 10.2 Å². The minimum absolute atomic E-state index is 0.294. The maximum Gasteiger partial charge on any atom is 0.135 e. The van der Waals surface area contributed by atoms with Crippen molar-refractivity contribution in [2.75, 3.05) is 23.3 Å². The van der Waals surface area contributed by atoms with Crippen molar-refractivity contribution >= 4 is 11.6 Å². The number of fused-ring (bicyclic) bond motifs is 1. The number of nitrogens with zero attached hydrogens (tertiary/aromatic N) is 3. The van der Waals surface area contributed by atoms with E-state index in [1.54, 1.807) is 0 Å². The summed E-state index contributed by atoms with van der Waals surface area (Å²) in [4.78, 5) is 11.7. The van der Waals surface area contributed by atoms with Gasteiger partial charge in [-0.05, 0) is 37.0 Å². The third kappa shape index (κ3) is 3.93. The molecule has 0 saturated heterocycles. The molecule has 0 fully saturated rings. The van der Waals surface area contributed by atoms with E-state index in [9.17, 15) is 5.11 Å². The van der Waals surface area contributed by atoms with E-state index in [-0.39, 0.29) is 0 Å². The number of anilines is 2. The van der Waals surface area contributed by atoms with Crippen LogP contribution >= 0.6 is 0 Å². The number of aliphatic hydroxyl groups excluding tert-OH is 1. The van der Waals surface area contributed by atoms with Crippen LogP contribution in [0.3, 0.4) is 0 Å². The molecule has 1 atom stereocenters. The fraction of sp³-hybridized carbons (Fsp3) is 0.500. The van der Waals surface area contributed by atoms with Crippen molar-refractivity contribution in [1.29, 1.82) is 0 Å². The lowest BCUT2D eigenvalue weighted by molar-refractivity contribution is 0.199. The average Bonchev–Trinajstić information content (AvgIpc) is 2.60. The molecule has 2 aromatic rings. The molecule has 0 bridgehead atoms. The number of nitrogens with one attached hydrogen (secondary N) is 1. The molecule has 1 aliphatic rings. The highest BCUT2D eigenvalue weighted by atomic mass is 16.3. The zero-order chi connectivity index (χ0) is 18.0. The van der Waals surface area contributed by atoms with Gasteiger partial charge in [-0.1, -0.05) is 32.0 Å². The van der Waals surface area contributed by atoms with E-state index in [1.807, 2.05) is 19.1 Å². The van der Waals surface area contributed by atoms with E-state index in [0.29, 0.717) is 5.92 Å². The zero-order valence-corrected chi connectivity index (χ0v) is 15.6. The van der Waals surface area contributed by atoms with E-state index < -0.39 is 6.10 Å². The van der Waals surface area contributed by atoms with Gasteiger partial charge in [0.1, 0.15) is 17.5 Å². The van der Waals surface area contributed by atoms with Gasteiger partial charge in [-0.2, -0.15) is 0 Å². The third-order valence-electron chi connectivity index (χ3n) is 4.65. The summed E-state index contributed by atoms with van der Waals surface area (Å²) in [6.45, 7) is 10.8. The van der Waals surface area contributed by atoms with Crippen LogP contribution in [0, 0.1) is 0 Å². The molecule has 0 spiro atoms. The second-order valence-corrected chi connectivity index (χ2v) is 7.03. The highest BCUT2D eigenvalue weighted by Crippen LogP contribution is 2.27. The molecule has 2 heterocycles. The molecule has 5 heteroatoms. The summed E-state index contributed by atoms with van der Waals surface area (Å²) in [5, 5.41) is 13.1. The van der Waals surface area contributed by atoms with E-state index in [0.717, 1.165) is 49.1 Å². The molecule has 3 rings (SSSR count). The van der Waals surface area contributed by atoms with Gasteiger partial charge in [0.05, 0.1) is 6.10 Å². The Morgan fingerprint density at radius 3 is 2.64 bits per heavy atom. The van der Waals surface area contributed by atoms with E-state index in [2.05, 4.69) is 48.1 Å². The predicted molar refractivity (Wildman–Crippen MR) is 102 cm³/mol. The van der Waals surface area contributed by atoms with Crippen molar-refractivity contribution < 1.29 is 5.11 Å². The van der Waals surface area contributed by atoms with Crippen LogP contribution in [0.25, 0.3) is 0 Å². The van der Waals surface area contributed by atoms with Crippen molar-refractivity contribution in [3.05, 3.63) is 46.8 Å². The van der Waals surface area contributed by atoms with Crippen LogP contribution in [0.2, 0.25) is 0 Å². The summed E-state index contributed by atoms with van der Waals surface area (Å²) in [5.41, 5.74) is 3.64. The van der Waals surface area contributed by atoms with E-state index >= 15 is 0 Å². The quantitative estimate of drug-likeness (QED) is 0.870. The lowest BCUT2D eigenvalue weighted by atomic mass is 9.96. The molecular formula is C20H28N4O. The molecule has 1 aromatic heterocycles. The van der Waals surface area contributed by atoms with Crippen LogP contribution in [-0.4, -0.2) is 28.2 Å². The Kier molecular flexibility index (Phi) is 5.23. The Hall–Kier alpha value is -2.14. The molecular weight excluding hydrogens is 312 g/mol. The van der Waals surface area contributed by atoms with Gasteiger partial charge in [-0.25, -0.2) is 9.97 Å². The Labute approximate surface area is 150 Å². The number of benzene rings is 1. The maximum atomic E-state index is 9.78. The second kappa shape index (κ2) is 7.40. The van der Waals surface area contributed by atoms with Gasteiger partial charge in [0.15, 0.2) is 0 Å².